The molecule has 0 bridgehead atoms. The third-order valence-corrected chi connectivity index (χ3v) is 5.78. The molecule has 0 aliphatic carbocycles. The molecule has 2 N–H and O–H groups in total. The Hall–Kier alpha value is -2.29. The van der Waals surface area contributed by atoms with Gasteiger partial charge < -0.3 is 10.1 Å². The second-order valence-corrected chi connectivity index (χ2v) is 8.13. The molecule has 0 amide bonds. The molecule has 0 saturated carbocycles. The number of benzene rings is 2. The molecule has 2 heterocycles. The van der Waals surface area contributed by atoms with E-state index in [1.54, 1.807) is 30.1 Å². The standard InChI is InChI=1S/C18H14ClF2N3O2S/c1-18(7-16(25)26)11-4-9(19)2-3-14(11)24(23-18)8-15-22-13-6-10(20)5-12(21)17(13)27-15/h2-6,23H,7-8H2,1H3,(H,25,26). The van der Waals surface area contributed by atoms with Crippen LogP contribution in [0.2, 0.25) is 5.02 Å². The Balaban J connectivity index is 1.71. The highest BCUT2D eigenvalue weighted by atomic mass is 35.5. The summed E-state index contributed by atoms with van der Waals surface area (Å²) in [5.74, 6) is -2.27. The smallest absolute Gasteiger partial charge is 0.305 e. The van der Waals surface area contributed by atoms with Crippen molar-refractivity contribution in [3.8, 4) is 0 Å². The summed E-state index contributed by atoms with van der Waals surface area (Å²) in [5, 5.41) is 12.1. The number of nitrogens with one attached hydrogen (secondary N) is 1. The van der Waals surface area contributed by atoms with Gasteiger partial charge in [-0.05, 0) is 25.1 Å². The number of hydrogen-bond donors (Lipinski definition) is 2. The number of fused-ring (bicyclic) bond motifs is 2. The number of carbonyl (C=O) groups is 1. The minimum Gasteiger partial charge on any atom is -0.481 e. The van der Waals surface area contributed by atoms with Gasteiger partial charge in [-0.1, -0.05) is 11.6 Å². The number of aliphatic carboxylic acids is 1. The van der Waals surface area contributed by atoms with Crippen molar-refractivity contribution in [2.75, 3.05) is 5.01 Å². The van der Waals surface area contributed by atoms with Crippen molar-refractivity contribution >= 4 is 44.8 Å². The van der Waals surface area contributed by atoms with Crippen molar-refractivity contribution < 1.29 is 18.7 Å². The fourth-order valence-electron chi connectivity index (χ4n) is 3.37. The minimum absolute atomic E-state index is 0.142. The van der Waals surface area contributed by atoms with Crippen molar-refractivity contribution in [1.82, 2.24) is 10.4 Å². The predicted molar refractivity (Wildman–Crippen MR) is 99.9 cm³/mol. The second-order valence-electron chi connectivity index (χ2n) is 6.61. The number of rotatable bonds is 4. The lowest BCUT2D eigenvalue weighted by molar-refractivity contribution is -0.138. The fraction of sp³-hybridized carbons (Fsp3) is 0.222. The van der Waals surface area contributed by atoms with Crippen molar-refractivity contribution in [2.24, 2.45) is 0 Å². The van der Waals surface area contributed by atoms with Gasteiger partial charge in [-0.25, -0.2) is 19.2 Å². The first-order valence-electron chi connectivity index (χ1n) is 8.07. The van der Waals surface area contributed by atoms with Crippen LogP contribution in [0.3, 0.4) is 0 Å². The number of thiazole rings is 1. The van der Waals surface area contributed by atoms with Gasteiger partial charge in [-0.3, -0.25) is 4.79 Å². The Kier molecular flexibility index (Phi) is 4.29. The molecule has 1 atom stereocenters. The molecule has 27 heavy (non-hydrogen) atoms. The van der Waals surface area contributed by atoms with Crippen LogP contribution in [-0.2, 0) is 16.9 Å². The molecule has 0 saturated heterocycles. The summed E-state index contributed by atoms with van der Waals surface area (Å²) in [7, 11) is 0. The number of carboxylic acids is 1. The molecule has 1 unspecified atom stereocenters. The van der Waals surface area contributed by atoms with E-state index in [1.807, 2.05) is 0 Å². The topological polar surface area (TPSA) is 65.5 Å². The number of carboxylic acid groups (broad SMARTS) is 1. The summed E-state index contributed by atoms with van der Waals surface area (Å²) in [4.78, 5) is 15.6. The Morgan fingerprint density at radius 1 is 1.37 bits per heavy atom. The zero-order valence-electron chi connectivity index (χ0n) is 14.1. The van der Waals surface area contributed by atoms with E-state index in [4.69, 9.17) is 11.6 Å². The van der Waals surface area contributed by atoms with Gasteiger partial charge in [0.2, 0.25) is 0 Å². The van der Waals surface area contributed by atoms with Crippen LogP contribution in [0.5, 0.6) is 0 Å². The summed E-state index contributed by atoms with van der Waals surface area (Å²) >= 11 is 7.23. The highest BCUT2D eigenvalue weighted by Gasteiger charge is 2.40. The highest BCUT2D eigenvalue weighted by Crippen LogP contribution is 2.41. The van der Waals surface area contributed by atoms with Gasteiger partial charge in [0.1, 0.15) is 16.6 Å². The van der Waals surface area contributed by atoms with E-state index >= 15 is 0 Å². The van der Waals surface area contributed by atoms with Gasteiger partial charge in [0, 0.05) is 22.7 Å². The summed E-state index contributed by atoms with van der Waals surface area (Å²) in [5.41, 5.74) is 4.15. The Bertz CT molecular complexity index is 1070. The molecular weight excluding hydrogens is 396 g/mol. The van der Waals surface area contributed by atoms with Gasteiger partial charge >= 0.3 is 5.97 Å². The maximum Gasteiger partial charge on any atom is 0.305 e. The molecule has 0 radical (unpaired) electrons. The molecule has 1 aromatic heterocycles. The first-order valence-corrected chi connectivity index (χ1v) is 9.26. The lowest BCUT2D eigenvalue weighted by Crippen LogP contribution is -2.45. The highest BCUT2D eigenvalue weighted by molar-refractivity contribution is 7.18. The SMILES string of the molecule is CC1(CC(=O)O)NN(Cc2nc3cc(F)cc(F)c3s2)c2ccc(Cl)cc21. The number of hydrogen-bond acceptors (Lipinski definition) is 5. The van der Waals surface area contributed by atoms with Crippen molar-refractivity contribution in [3.63, 3.8) is 0 Å². The number of anilines is 1. The van der Waals surface area contributed by atoms with Crippen LogP contribution in [0, 0.1) is 11.6 Å². The molecule has 1 aliphatic heterocycles. The predicted octanol–water partition coefficient (Wildman–Crippen LogP) is 4.44. The summed E-state index contributed by atoms with van der Waals surface area (Å²) < 4.78 is 27.6. The van der Waals surface area contributed by atoms with Gasteiger partial charge in [0.25, 0.3) is 0 Å². The number of halogens is 3. The van der Waals surface area contributed by atoms with Crippen LogP contribution in [-0.4, -0.2) is 16.1 Å². The lowest BCUT2D eigenvalue weighted by Gasteiger charge is -2.26. The first kappa shape index (κ1) is 18.1. The van der Waals surface area contributed by atoms with E-state index in [0.717, 1.165) is 28.7 Å². The largest absolute Gasteiger partial charge is 0.481 e. The number of aromatic nitrogens is 1. The summed E-state index contributed by atoms with van der Waals surface area (Å²) in [6.07, 6.45) is -0.142. The lowest BCUT2D eigenvalue weighted by atomic mass is 9.90. The molecule has 9 heteroatoms. The molecule has 2 aromatic carbocycles. The van der Waals surface area contributed by atoms with Gasteiger partial charge in [0.05, 0.1) is 34.4 Å². The van der Waals surface area contributed by atoms with Gasteiger partial charge in [0.15, 0.2) is 0 Å². The average Bonchev–Trinajstić information content (AvgIpc) is 3.06. The molecule has 140 valence electrons. The normalized spacial score (nSPS) is 18.9. The molecule has 5 nitrogen and oxygen atoms in total. The van der Waals surface area contributed by atoms with E-state index in [2.05, 4.69) is 10.4 Å². The third kappa shape index (κ3) is 3.24. The maximum absolute atomic E-state index is 13.9. The van der Waals surface area contributed by atoms with E-state index in [-0.39, 0.29) is 23.2 Å². The van der Waals surface area contributed by atoms with Crippen LogP contribution < -0.4 is 10.4 Å². The quantitative estimate of drug-likeness (QED) is 0.666. The number of hydrazine groups is 1. The van der Waals surface area contributed by atoms with Crippen LogP contribution in [0.25, 0.3) is 10.2 Å². The van der Waals surface area contributed by atoms with Crippen molar-refractivity contribution in [1.29, 1.82) is 0 Å². The van der Waals surface area contributed by atoms with Crippen LogP contribution in [0.1, 0.15) is 23.9 Å². The van der Waals surface area contributed by atoms with Crippen LogP contribution >= 0.6 is 22.9 Å². The van der Waals surface area contributed by atoms with Crippen LogP contribution in [0.15, 0.2) is 30.3 Å². The molecule has 0 fully saturated rings. The summed E-state index contributed by atoms with van der Waals surface area (Å²) in [6.45, 7) is 2.05. The van der Waals surface area contributed by atoms with Gasteiger partial charge in [-0.15, -0.1) is 11.3 Å². The molecule has 0 spiro atoms. The second kappa shape index (κ2) is 6.40. The van der Waals surface area contributed by atoms with Crippen molar-refractivity contribution in [3.05, 3.63) is 57.6 Å². The Morgan fingerprint density at radius 2 is 2.15 bits per heavy atom. The molecule has 3 aromatic rings. The van der Waals surface area contributed by atoms with Gasteiger partial charge in [-0.2, -0.15) is 0 Å². The monoisotopic (exact) mass is 409 g/mol. The number of nitrogens with zero attached hydrogens (tertiary/aromatic N) is 2. The first-order chi connectivity index (χ1) is 12.7. The fourth-order valence-corrected chi connectivity index (χ4v) is 4.49. The van der Waals surface area contributed by atoms with E-state index in [1.165, 1.54) is 6.07 Å². The van der Waals surface area contributed by atoms with E-state index in [9.17, 15) is 18.7 Å². The maximum atomic E-state index is 13.9. The minimum atomic E-state index is -0.949. The Morgan fingerprint density at radius 3 is 2.89 bits per heavy atom. The third-order valence-electron chi connectivity index (χ3n) is 4.48. The zero-order chi connectivity index (χ0) is 19.3. The molecule has 1 aliphatic rings. The molecule has 4 rings (SSSR count). The van der Waals surface area contributed by atoms with Crippen molar-refractivity contribution in [2.45, 2.75) is 25.4 Å². The van der Waals surface area contributed by atoms with Crippen LogP contribution in [0.4, 0.5) is 14.5 Å². The Labute approximate surface area is 162 Å². The molecular formula is C18H14ClF2N3O2S. The zero-order valence-corrected chi connectivity index (χ0v) is 15.7. The summed E-state index contributed by atoms with van der Waals surface area (Å²) in [6, 6.07) is 7.28. The average molecular weight is 410 g/mol. The van der Waals surface area contributed by atoms with E-state index in [0.29, 0.717) is 10.0 Å². The van der Waals surface area contributed by atoms with E-state index < -0.39 is 23.1 Å².